The molecule has 0 unspecified atom stereocenters. The average molecular weight is 277 g/mol. The molecule has 2 rings (SSSR count). The fourth-order valence-electron chi connectivity index (χ4n) is 1.54. The van der Waals surface area contributed by atoms with Crippen LogP contribution in [0.25, 0.3) is 0 Å². The number of rotatable bonds is 2. The van der Waals surface area contributed by atoms with Gasteiger partial charge < -0.3 is 9.64 Å². The Morgan fingerprint density at radius 3 is 2.86 bits per heavy atom. The number of aromatic nitrogens is 1. The molecular weight excluding hydrogens is 264 g/mol. The average Bonchev–Trinajstić information content (AvgIpc) is 2.56. The highest BCUT2D eigenvalue weighted by Crippen LogP contribution is 2.27. The molecule has 0 amide bonds. The van der Waals surface area contributed by atoms with Gasteiger partial charge in [-0.1, -0.05) is 11.3 Å². The van der Waals surface area contributed by atoms with Crippen LogP contribution in [0.1, 0.15) is 12.8 Å². The number of nitrogens with zero attached hydrogens (tertiary/aromatic N) is 2. The van der Waals surface area contributed by atoms with Gasteiger partial charge in [0.1, 0.15) is 6.10 Å². The third-order valence-corrected chi connectivity index (χ3v) is 3.76. The summed E-state index contributed by atoms with van der Waals surface area (Å²) < 4.78 is 6.80. The summed E-state index contributed by atoms with van der Waals surface area (Å²) >= 11 is 4.93. The van der Waals surface area contributed by atoms with Gasteiger partial charge in [-0.2, -0.15) is 0 Å². The van der Waals surface area contributed by atoms with Crippen LogP contribution in [0.4, 0.5) is 0 Å². The number of halogens is 1. The zero-order valence-electron chi connectivity index (χ0n) is 8.07. The number of piperidine rings is 1. The number of hydrogen-bond donors (Lipinski definition) is 0. The maximum Gasteiger partial charge on any atom is 0.274 e. The van der Waals surface area contributed by atoms with E-state index in [9.17, 15) is 0 Å². The molecule has 1 aliphatic heterocycles. The van der Waals surface area contributed by atoms with Gasteiger partial charge in [0.2, 0.25) is 0 Å². The van der Waals surface area contributed by atoms with Gasteiger partial charge in [-0.15, -0.1) is 0 Å². The first-order valence-electron chi connectivity index (χ1n) is 4.70. The van der Waals surface area contributed by atoms with Gasteiger partial charge in [-0.05, 0) is 35.8 Å². The summed E-state index contributed by atoms with van der Waals surface area (Å²) in [6, 6.07) is 0. The molecule has 0 N–H and O–H groups in total. The van der Waals surface area contributed by atoms with E-state index in [1.807, 2.05) is 0 Å². The summed E-state index contributed by atoms with van der Waals surface area (Å²) in [5.74, 6) is 0. The Kier molecular flexibility index (Phi) is 3.41. The van der Waals surface area contributed by atoms with Crippen molar-refractivity contribution in [3.05, 3.63) is 9.98 Å². The minimum atomic E-state index is 0.351. The van der Waals surface area contributed by atoms with Crippen molar-refractivity contribution in [2.45, 2.75) is 18.9 Å². The summed E-state index contributed by atoms with van der Waals surface area (Å²) in [5.41, 5.74) is 0. The minimum Gasteiger partial charge on any atom is -0.467 e. The number of likely N-dealkylation sites (tertiary alicyclic amines) is 1. The Morgan fingerprint density at radius 1 is 1.57 bits per heavy atom. The Morgan fingerprint density at radius 2 is 2.29 bits per heavy atom. The van der Waals surface area contributed by atoms with Gasteiger partial charge in [-0.25, -0.2) is 4.98 Å². The first-order chi connectivity index (χ1) is 6.74. The molecule has 1 saturated heterocycles. The van der Waals surface area contributed by atoms with Gasteiger partial charge in [0.15, 0.2) is 0 Å². The fourth-order valence-corrected chi connectivity index (χ4v) is 2.62. The highest BCUT2D eigenvalue weighted by molar-refractivity contribution is 9.11. The van der Waals surface area contributed by atoms with Crippen molar-refractivity contribution < 1.29 is 4.74 Å². The van der Waals surface area contributed by atoms with Crippen molar-refractivity contribution >= 4 is 27.3 Å². The van der Waals surface area contributed by atoms with Gasteiger partial charge in [-0.3, -0.25) is 0 Å². The summed E-state index contributed by atoms with van der Waals surface area (Å²) in [6.07, 6.45) is 4.35. The second-order valence-corrected chi connectivity index (χ2v) is 5.92. The topological polar surface area (TPSA) is 25.4 Å². The zero-order valence-corrected chi connectivity index (χ0v) is 10.5. The van der Waals surface area contributed by atoms with Gasteiger partial charge >= 0.3 is 0 Å². The van der Waals surface area contributed by atoms with Crippen molar-refractivity contribution in [3.8, 4) is 5.19 Å². The van der Waals surface area contributed by atoms with E-state index in [1.54, 1.807) is 17.5 Å². The van der Waals surface area contributed by atoms with Crippen LogP contribution < -0.4 is 4.74 Å². The van der Waals surface area contributed by atoms with Gasteiger partial charge in [0.25, 0.3) is 5.19 Å². The molecule has 0 spiro atoms. The van der Waals surface area contributed by atoms with Crippen LogP contribution in [0.2, 0.25) is 0 Å². The van der Waals surface area contributed by atoms with E-state index in [4.69, 9.17) is 4.74 Å². The molecule has 1 aromatic rings. The molecule has 5 heteroatoms. The Hall–Kier alpha value is -0.130. The largest absolute Gasteiger partial charge is 0.467 e. The van der Waals surface area contributed by atoms with Crippen LogP contribution in [0.15, 0.2) is 9.98 Å². The molecule has 78 valence electrons. The lowest BCUT2D eigenvalue weighted by molar-refractivity contribution is 0.114. The Balaban J connectivity index is 1.86. The maximum absolute atomic E-state index is 5.78. The molecule has 14 heavy (non-hydrogen) atoms. The molecule has 0 aromatic carbocycles. The Bertz CT molecular complexity index is 297. The number of hydrogen-bond acceptors (Lipinski definition) is 4. The SMILES string of the molecule is CN1CCC(Oc2ncc(Br)s2)CC1. The lowest BCUT2D eigenvalue weighted by Gasteiger charge is -2.28. The highest BCUT2D eigenvalue weighted by atomic mass is 79.9. The van der Waals surface area contributed by atoms with Crippen molar-refractivity contribution in [2.75, 3.05) is 20.1 Å². The first-order valence-corrected chi connectivity index (χ1v) is 6.31. The molecule has 0 atom stereocenters. The van der Waals surface area contributed by atoms with E-state index in [0.29, 0.717) is 6.10 Å². The lowest BCUT2D eigenvalue weighted by atomic mass is 10.1. The smallest absolute Gasteiger partial charge is 0.274 e. The molecule has 1 aromatic heterocycles. The normalized spacial score (nSPS) is 19.9. The van der Waals surface area contributed by atoms with Gasteiger partial charge in [0, 0.05) is 13.1 Å². The molecule has 0 radical (unpaired) electrons. The van der Waals surface area contributed by atoms with Crippen molar-refractivity contribution in [1.82, 2.24) is 9.88 Å². The van der Waals surface area contributed by atoms with Crippen molar-refractivity contribution in [2.24, 2.45) is 0 Å². The predicted molar refractivity (Wildman–Crippen MR) is 61.0 cm³/mol. The summed E-state index contributed by atoms with van der Waals surface area (Å²) in [7, 11) is 2.15. The van der Waals surface area contributed by atoms with Crippen LogP contribution in [0.5, 0.6) is 5.19 Å². The van der Waals surface area contributed by atoms with Crippen LogP contribution >= 0.6 is 27.3 Å². The van der Waals surface area contributed by atoms with Crippen LogP contribution in [-0.2, 0) is 0 Å². The number of ether oxygens (including phenoxy) is 1. The molecule has 1 fully saturated rings. The summed E-state index contributed by atoms with van der Waals surface area (Å²) in [6.45, 7) is 2.24. The van der Waals surface area contributed by atoms with E-state index < -0.39 is 0 Å². The third kappa shape index (κ3) is 2.68. The number of thiazole rings is 1. The first kappa shape index (κ1) is 10.4. The molecule has 0 bridgehead atoms. The quantitative estimate of drug-likeness (QED) is 0.830. The highest BCUT2D eigenvalue weighted by Gasteiger charge is 2.18. The van der Waals surface area contributed by atoms with Crippen molar-refractivity contribution in [1.29, 1.82) is 0 Å². The van der Waals surface area contributed by atoms with E-state index in [-0.39, 0.29) is 0 Å². The van der Waals surface area contributed by atoms with E-state index in [1.165, 1.54) is 0 Å². The van der Waals surface area contributed by atoms with E-state index in [0.717, 1.165) is 34.9 Å². The standard InChI is InChI=1S/C9H13BrN2OS/c1-12-4-2-7(3-5-12)13-9-11-6-8(10)14-9/h6-7H,2-5H2,1H3. The summed E-state index contributed by atoms with van der Waals surface area (Å²) in [4.78, 5) is 6.50. The fraction of sp³-hybridized carbons (Fsp3) is 0.667. The minimum absolute atomic E-state index is 0.351. The van der Waals surface area contributed by atoms with Crippen LogP contribution in [0.3, 0.4) is 0 Å². The molecule has 0 saturated carbocycles. The lowest BCUT2D eigenvalue weighted by Crippen LogP contribution is -2.35. The zero-order chi connectivity index (χ0) is 9.97. The van der Waals surface area contributed by atoms with Crippen LogP contribution in [-0.4, -0.2) is 36.1 Å². The molecule has 2 heterocycles. The van der Waals surface area contributed by atoms with Crippen LogP contribution in [0, 0.1) is 0 Å². The maximum atomic E-state index is 5.78. The van der Waals surface area contributed by atoms with E-state index in [2.05, 4.69) is 32.9 Å². The molecule has 0 aliphatic carbocycles. The molecule has 1 aliphatic rings. The van der Waals surface area contributed by atoms with E-state index >= 15 is 0 Å². The van der Waals surface area contributed by atoms with Crippen molar-refractivity contribution in [3.63, 3.8) is 0 Å². The summed E-state index contributed by atoms with van der Waals surface area (Å²) in [5, 5.41) is 0.784. The molecule has 3 nitrogen and oxygen atoms in total. The second-order valence-electron chi connectivity index (χ2n) is 3.55. The monoisotopic (exact) mass is 276 g/mol. The predicted octanol–water partition coefficient (Wildman–Crippen LogP) is 2.38. The molecular formula is C9H13BrN2OS. The third-order valence-electron chi connectivity index (χ3n) is 2.39. The van der Waals surface area contributed by atoms with Gasteiger partial charge in [0.05, 0.1) is 9.98 Å². The second kappa shape index (κ2) is 4.59. The Labute approximate surface area is 96.2 Å².